The number of rotatable bonds is 9. The second-order valence-corrected chi connectivity index (χ2v) is 6.17. The van der Waals surface area contributed by atoms with Crippen molar-refractivity contribution < 1.29 is 13.7 Å². The Labute approximate surface area is 106 Å². The molecule has 3 unspecified atom stereocenters. The summed E-state index contributed by atoms with van der Waals surface area (Å²) in [7, 11) is 0.449. The molecule has 102 valence electrons. The van der Waals surface area contributed by atoms with Crippen molar-refractivity contribution in [2.75, 3.05) is 26.8 Å². The molecule has 0 radical (unpaired) electrons. The molecule has 0 aliphatic heterocycles. The molecular weight excluding hydrogens is 240 g/mol. The van der Waals surface area contributed by atoms with Crippen LogP contribution in [0.2, 0.25) is 0 Å². The van der Waals surface area contributed by atoms with Gasteiger partial charge in [-0.2, -0.15) is 0 Å². The third kappa shape index (κ3) is 6.75. The average molecular weight is 264 g/mol. The lowest BCUT2D eigenvalue weighted by Gasteiger charge is -2.16. The quantitative estimate of drug-likeness (QED) is 0.575. The van der Waals surface area contributed by atoms with E-state index < -0.39 is 16.0 Å². The Balaban J connectivity index is 3.98. The van der Waals surface area contributed by atoms with Crippen molar-refractivity contribution in [3.8, 4) is 0 Å². The summed E-state index contributed by atoms with van der Waals surface area (Å²) < 4.78 is 16.8. The molecule has 1 amide bonds. The van der Waals surface area contributed by atoms with Gasteiger partial charge in [-0.3, -0.25) is 9.00 Å². The third-order valence-electron chi connectivity index (χ3n) is 2.51. The lowest BCUT2D eigenvalue weighted by atomic mass is 10.3. The molecule has 0 aliphatic carbocycles. The highest BCUT2D eigenvalue weighted by molar-refractivity contribution is 7.87. The van der Waals surface area contributed by atoms with E-state index in [-0.39, 0.29) is 11.2 Å². The summed E-state index contributed by atoms with van der Waals surface area (Å²) >= 11 is 0. The molecule has 3 atom stereocenters. The largest absolute Gasteiger partial charge is 0.385 e. The van der Waals surface area contributed by atoms with E-state index in [1.807, 2.05) is 6.92 Å². The van der Waals surface area contributed by atoms with Crippen molar-refractivity contribution in [1.29, 1.82) is 0 Å². The van der Waals surface area contributed by atoms with Gasteiger partial charge in [-0.25, -0.2) is 0 Å². The van der Waals surface area contributed by atoms with Gasteiger partial charge < -0.3 is 15.8 Å². The van der Waals surface area contributed by atoms with Gasteiger partial charge in [-0.05, 0) is 26.3 Å². The Kier molecular flexibility index (Phi) is 9.30. The molecule has 17 heavy (non-hydrogen) atoms. The number of hydrogen-bond acceptors (Lipinski definition) is 4. The van der Waals surface area contributed by atoms with Crippen LogP contribution in [0.4, 0.5) is 0 Å². The zero-order chi connectivity index (χ0) is 13.3. The minimum atomic E-state index is -1.17. The first-order valence-electron chi connectivity index (χ1n) is 5.90. The Bertz CT molecular complexity index is 249. The number of amides is 1. The van der Waals surface area contributed by atoms with Crippen LogP contribution in [0.5, 0.6) is 0 Å². The molecule has 5 nitrogen and oxygen atoms in total. The van der Waals surface area contributed by atoms with Crippen molar-refractivity contribution in [3.63, 3.8) is 0 Å². The van der Waals surface area contributed by atoms with Crippen LogP contribution in [-0.2, 0) is 20.3 Å². The Hall–Kier alpha value is -0.460. The highest BCUT2D eigenvalue weighted by Crippen LogP contribution is 2.07. The van der Waals surface area contributed by atoms with Gasteiger partial charge in [0.1, 0.15) is 5.25 Å². The van der Waals surface area contributed by atoms with Gasteiger partial charge in [0.2, 0.25) is 5.91 Å². The fourth-order valence-electron chi connectivity index (χ4n) is 1.38. The van der Waals surface area contributed by atoms with Crippen molar-refractivity contribution in [3.05, 3.63) is 0 Å². The zero-order valence-corrected chi connectivity index (χ0v) is 11.7. The van der Waals surface area contributed by atoms with Gasteiger partial charge >= 0.3 is 0 Å². The molecular formula is C11H24N2O3S. The number of carbonyl (C=O) groups is 1. The summed E-state index contributed by atoms with van der Waals surface area (Å²) in [4.78, 5) is 11.7. The fourth-order valence-corrected chi connectivity index (χ4v) is 2.74. The number of carbonyl (C=O) groups excluding carboxylic acids is 1. The van der Waals surface area contributed by atoms with Crippen LogP contribution in [-0.4, -0.2) is 47.4 Å². The van der Waals surface area contributed by atoms with Crippen LogP contribution < -0.4 is 11.1 Å². The third-order valence-corrected chi connectivity index (χ3v) is 4.45. The topological polar surface area (TPSA) is 81.4 Å². The summed E-state index contributed by atoms with van der Waals surface area (Å²) in [5.41, 5.74) is 5.41. The van der Waals surface area contributed by atoms with Crippen LogP contribution in [0.15, 0.2) is 0 Å². The summed E-state index contributed by atoms with van der Waals surface area (Å²) in [5, 5.41) is 2.22. The molecule has 0 aliphatic rings. The van der Waals surface area contributed by atoms with Gasteiger partial charge in [-0.15, -0.1) is 0 Å². The maximum atomic E-state index is 11.9. The number of nitrogens with one attached hydrogen (secondary N) is 1. The molecule has 0 heterocycles. The van der Waals surface area contributed by atoms with E-state index in [0.717, 1.165) is 6.42 Å². The molecule has 0 aromatic rings. The van der Waals surface area contributed by atoms with E-state index in [1.165, 1.54) is 0 Å². The Morgan fingerprint density at radius 1 is 1.47 bits per heavy atom. The number of methoxy groups -OCH3 is 1. The minimum absolute atomic E-state index is 0.0419. The monoisotopic (exact) mass is 264 g/mol. The van der Waals surface area contributed by atoms with Crippen LogP contribution in [0.1, 0.15) is 26.7 Å². The van der Waals surface area contributed by atoms with Crippen molar-refractivity contribution in [1.82, 2.24) is 5.32 Å². The summed E-state index contributed by atoms with van der Waals surface area (Å²) in [5.74, 6) is -0.164. The van der Waals surface area contributed by atoms with Crippen LogP contribution in [0, 0.1) is 0 Å². The van der Waals surface area contributed by atoms with Crippen molar-refractivity contribution >= 4 is 16.7 Å². The van der Waals surface area contributed by atoms with Gasteiger partial charge in [0.15, 0.2) is 0 Å². The van der Waals surface area contributed by atoms with Gasteiger partial charge in [0, 0.05) is 36.3 Å². The first-order chi connectivity index (χ1) is 8.04. The lowest BCUT2D eigenvalue weighted by Crippen LogP contribution is -2.39. The van der Waals surface area contributed by atoms with E-state index in [4.69, 9.17) is 10.5 Å². The maximum absolute atomic E-state index is 11.9. The minimum Gasteiger partial charge on any atom is -0.385 e. The van der Waals surface area contributed by atoms with Gasteiger partial charge in [0.25, 0.3) is 0 Å². The van der Waals surface area contributed by atoms with E-state index in [9.17, 15) is 9.00 Å². The molecule has 0 spiro atoms. The summed E-state index contributed by atoms with van der Waals surface area (Å²) in [6.45, 7) is 5.21. The predicted octanol–water partition coefficient (Wildman–Crippen LogP) is 0.0136. The number of nitrogens with two attached hydrogens (primary N) is 1. The van der Waals surface area contributed by atoms with Gasteiger partial charge in [-0.1, -0.05) is 6.92 Å². The zero-order valence-electron chi connectivity index (χ0n) is 10.9. The highest BCUT2D eigenvalue weighted by Gasteiger charge is 2.23. The van der Waals surface area contributed by atoms with Crippen molar-refractivity contribution in [2.24, 2.45) is 5.73 Å². The van der Waals surface area contributed by atoms with Crippen LogP contribution in [0.25, 0.3) is 0 Å². The fraction of sp³-hybridized carbons (Fsp3) is 0.909. The van der Waals surface area contributed by atoms with Gasteiger partial charge in [0.05, 0.1) is 0 Å². The van der Waals surface area contributed by atoms with E-state index >= 15 is 0 Å². The lowest BCUT2D eigenvalue weighted by molar-refractivity contribution is -0.120. The smallest absolute Gasteiger partial charge is 0.235 e. The summed E-state index contributed by atoms with van der Waals surface area (Å²) in [6.07, 6.45) is 1.44. The Morgan fingerprint density at radius 3 is 2.65 bits per heavy atom. The van der Waals surface area contributed by atoms with Crippen LogP contribution in [0.3, 0.4) is 0 Å². The molecule has 0 bridgehead atoms. The second-order valence-electron chi connectivity index (χ2n) is 4.00. The molecule has 0 fully saturated rings. The maximum Gasteiger partial charge on any atom is 0.235 e. The first-order valence-corrected chi connectivity index (χ1v) is 7.18. The van der Waals surface area contributed by atoms with Crippen LogP contribution >= 0.6 is 0 Å². The summed E-state index contributed by atoms with van der Waals surface area (Å²) in [6, 6.07) is 0. The second kappa shape index (κ2) is 9.56. The predicted molar refractivity (Wildman–Crippen MR) is 70.2 cm³/mol. The molecule has 3 N–H and O–H groups in total. The first kappa shape index (κ1) is 16.5. The van der Waals surface area contributed by atoms with E-state index in [2.05, 4.69) is 5.32 Å². The van der Waals surface area contributed by atoms with Crippen molar-refractivity contribution in [2.45, 2.75) is 37.2 Å². The van der Waals surface area contributed by atoms with E-state index in [0.29, 0.717) is 26.1 Å². The normalized spacial score (nSPS) is 16.2. The highest BCUT2D eigenvalue weighted by atomic mass is 32.2. The molecule has 0 saturated carbocycles. The number of ether oxygens (including phenoxy) is 1. The molecule has 0 aromatic carbocycles. The molecule has 6 heteroatoms. The average Bonchev–Trinajstić information content (AvgIpc) is 2.32. The van der Waals surface area contributed by atoms with E-state index in [1.54, 1.807) is 14.0 Å². The SMILES string of the molecule is COCCCNC(=O)C(C)S(=O)C(C)CCN. The Morgan fingerprint density at radius 2 is 2.12 bits per heavy atom. The molecule has 0 saturated heterocycles. The molecule has 0 rings (SSSR count). The molecule has 0 aromatic heterocycles. The number of hydrogen-bond donors (Lipinski definition) is 2. The standard InChI is InChI=1S/C11H24N2O3S/c1-9(5-6-12)17(15)10(2)11(14)13-7-4-8-16-3/h9-10H,4-8,12H2,1-3H3,(H,13,14).